The summed E-state index contributed by atoms with van der Waals surface area (Å²) >= 11 is 0. The summed E-state index contributed by atoms with van der Waals surface area (Å²) < 4.78 is 0. The molecule has 0 spiro atoms. The molecule has 116 valence electrons. The highest BCUT2D eigenvalue weighted by atomic mass is 13.9. The third kappa shape index (κ3) is 17.2. The third-order valence-corrected chi connectivity index (χ3v) is 3.52. The van der Waals surface area contributed by atoms with Gasteiger partial charge in [0.1, 0.15) is 0 Å². The molecule has 0 N–H and O–H groups in total. The quantitative estimate of drug-likeness (QED) is 0.176. The molecule has 0 saturated heterocycles. The van der Waals surface area contributed by atoms with E-state index in [0.29, 0.717) is 0 Å². The van der Waals surface area contributed by atoms with Crippen molar-refractivity contribution in [3.8, 4) is 0 Å². The van der Waals surface area contributed by atoms with Crippen LogP contribution < -0.4 is 0 Å². The zero-order valence-corrected chi connectivity index (χ0v) is 13.9. The Morgan fingerprint density at radius 3 is 1.85 bits per heavy atom. The number of hydrogen-bond donors (Lipinski definition) is 0. The van der Waals surface area contributed by atoms with Crippen molar-refractivity contribution in [3.63, 3.8) is 0 Å². The van der Waals surface area contributed by atoms with Gasteiger partial charge in [-0.25, -0.2) is 0 Å². The molecule has 0 heterocycles. The Bertz CT molecular complexity index is 245. The summed E-state index contributed by atoms with van der Waals surface area (Å²) in [5.41, 5.74) is 0. The standard InChI is InChI=1S/C20H36/c1-3-5-7-9-11-13-15-17-19-20-18-16-14-12-10-8-6-4-2/h11,13,17-20H,3-10,12,14-16H2,1-2H3. The van der Waals surface area contributed by atoms with Gasteiger partial charge in [0.15, 0.2) is 0 Å². The molecule has 0 saturated carbocycles. The van der Waals surface area contributed by atoms with Crippen LogP contribution in [0, 0.1) is 0 Å². The Labute approximate surface area is 128 Å². The van der Waals surface area contributed by atoms with Gasteiger partial charge in [-0.2, -0.15) is 0 Å². The van der Waals surface area contributed by atoms with Crippen molar-refractivity contribution >= 4 is 0 Å². The minimum atomic E-state index is 1.08. The highest BCUT2D eigenvalue weighted by Crippen LogP contribution is 2.07. The van der Waals surface area contributed by atoms with Crippen LogP contribution in [0.3, 0.4) is 0 Å². The summed E-state index contributed by atoms with van der Waals surface area (Å²) in [6.45, 7) is 4.53. The monoisotopic (exact) mass is 276 g/mol. The molecule has 0 unspecified atom stereocenters. The summed E-state index contributed by atoms with van der Waals surface area (Å²) in [6.07, 6.45) is 29.5. The maximum atomic E-state index is 2.32. The van der Waals surface area contributed by atoms with Gasteiger partial charge in [-0.05, 0) is 32.1 Å². The summed E-state index contributed by atoms with van der Waals surface area (Å²) in [4.78, 5) is 0. The SMILES string of the molecule is CCCCCC=CCC=CC=CCCCCCCCC. The molecule has 20 heavy (non-hydrogen) atoms. The molecule has 0 aromatic rings. The van der Waals surface area contributed by atoms with Crippen molar-refractivity contribution in [2.24, 2.45) is 0 Å². The Hall–Kier alpha value is -0.780. The second kappa shape index (κ2) is 18.2. The lowest BCUT2D eigenvalue weighted by atomic mass is 10.1. The predicted molar refractivity (Wildman–Crippen MR) is 94.2 cm³/mol. The summed E-state index contributed by atoms with van der Waals surface area (Å²) in [5.74, 6) is 0. The average molecular weight is 277 g/mol. The average Bonchev–Trinajstić information content (AvgIpc) is 2.47. The van der Waals surface area contributed by atoms with E-state index in [-0.39, 0.29) is 0 Å². The van der Waals surface area contributed by atoms with Crippen molar-refractivity contribution in [1.82, 2.24) is 0 Å². The normalized spacial score (nSPS) is 12.3. The van der Waals surface area contributed by atoms with Gasteiger partial charge in [0.2, 0.25) is 0 Å². The smallest absolute Gasteiger partial charge is 0.0166 e. The molecule has 0 atom stereocenters. The van der Waals surface area contributed by atoms with Crippen molar-refractivity contribution < 1.29 is 0 Å². The Morgan fingerprint density at radius 1 is 0.500 bits per heavy atom. The van der Waals surface area contributed by atoms with E-state index in [1.54, 1.807) is 0 Å². The number of unbranched alkanes of at least 4 members (excludes halogenated alkanes) is 9. The van der Waals surface area contributed by atoms with Gasteiger partial charge in [0, 0.05) is 0 Å². The first-order valence-corrected chi connectivity index (χ1v) is 8.88. The van der Waals surface area contributed by atoms with Crippen LogP contribution in [0.1, 0.15) is 90.9 Å². The van der Waals surface area contributed by atoms with Crippen LogP contribution in [0.15, 0.2) is 36.5 Å². The van der Waals surface area contributed by atoms with Gasteiger partial charge in [0.05, 0.1) is 0 Å². The van der Waals surface area contributed by atoms with E-state index in [4.69, 9.17) is 0 Å². The molecule has 0 amide bonds. The topological polar surface area (TPSA) is 0 Å². The lowest BCUT2D eigenvalue weighted by Crippen LogP contribution is -1.77. The minimum absolute atomic E-state index is 1.08. The Morgan fingerprint density at radius 2 is 1.05 bits per heavy atom. The second-order valence-electron chi connectivity index (χ2n) is 5.62. The first kappa shape index (κ1) is 19.2. The molecule has 0 nitrogen and oxygen atoms in total. The molecule has 0 aliphatic heterocycles. The third-order valence-electron chi connectivity index (χ3n) is 3.52. The van der Waals surface area contributed by atoms with Crippen molar-refractivity contribution in [2.45, 2.75) is 90.9 Å². The largest absolute Gasteiger partial charge is 0.0882 e. The lowest BCUT2D eigenvalue weighted by Gasteiger charge is -1.97. The predicted octanol–water partition coefficient (Wildman–Crippen LogP) is 7.38. The molecular formula is C20H36. The van der Waals surface area contributed by atoms with E-state index < -0.39 is 0 Å². The van der Waals surface area contributed by atoms with E-state index >= 15 is 0 Å². The first-order valence-electron chi connectivity index (χ1n) is 8.88. The van der Waals surface area contributed by atoms with Crippen LogP contribution in [0.5, 0.6) is 0 Å². The van der Waals surface area contributed by atoms with Crippen molar-refractivity contribution in [1.29, 1.82) is 0 Å². The Kier molecular flexibility index (Phi) is 17.5. The van der Waals surface area contributed by atoms with Gasteiger partial charge < -0.3 is 0 Å². The van der Waals surface area contributed by atoms with Crippen molar-refractivity contribution in [2.75, 3.05) is 0 Å². The fraction of sp³-hybridized carbons (Fsp3) is 0.700. The van der Waals surface area contributed by atoms with Crippen LogP contribution in [-0.4, -0.2) is 0 Å². The molecule has 0 aliphatic carbocycles. The van der Waals surface area contributed by atoms with Crippen LogP contribution >= 0.6 is 0 Å². The molecule has 0 fully saturated rings. The first-order chi connectivity index (χ1) is 9.91. The van der Waals surface area contributed by atoms with Crippen LogP contribution in [0.4, 0.5) is 0 Å². The zero-order chi connectivity index (χ0) is 14.7. The number of hydrogen-bond acceptors (Lipinski definition) is 0. The second-order valence-corrected chi connectivity index (χ2v) is 5.62. The summed E-state index contributed by atoms with van der Waals surface area (Å²) in [5, 5.41) is 0. The molecule has 0 aromatic heterocycles. The van der Waals surface area contributed by atoms with E-state index in [1.807, 2.05) is 0 Å². The number of allylic oxidation sites excluding steroid dienone is 6. The molecule has 0 aliphatic rings. The molecule has 0 rings (SSSR count). The van der Waals surface area contributed by atoms with Gasteiger partial charge in [-0.1, -0.05) is 95.2 Å². The van der Waals surface area contributed by atoms with Crippen molar-refractivity contribution in [3.05, 3.63) is 36.5 Å². The minimum Gasteiger partial charge on any atom is -0.0882 e. The zero-order valence-electron chi connectivity index (χ0n) is 13.9. The van der Waals surface area contributed by atoms with Gasteiger partial charge >= 0.3 is 0 Å². The lowest BCUT2D eigenvalue weighted by molar-refractivity contribution is 0.611. The summed E-state index contributed by atoms with van der Waals surface area (Å²) in [6, 6.07) is 0. The fourth-order valence-electron chi connectivity index (χ4n) is 2.18. The highest BCUT2D eigenvalue weighted by molar-refractivity contribution is 5.04. The Balaban J connectivity index is 3.26. The highest BCUT2D eigenvalue weighted by Gasteiger charge is 1.87. The van der Waals surface area contributed by atoms with Gasteiger partial charge in [-0.3, -0.25) is 0 Å². The molecule has 0 heteroatoms. The maximum absolute atomic E-state index is 2.32. The van der Waals surface area contributed by atoms with E-state index in [2.05, 4.69) is 50.3 Å². The van der Waals surface area contributed by atoms with E-state index in [0.717, 1.165) is 6.42 Å². The van der Waals surface area contributed by atoms with Gasteiger partial charge in [-0.15, -0.1) is 0 Å². The molecule has 0 bridgehead atoms. The molecule has 0 aromatic carbocycles. The van der Waals surface area contributed by atoms with Gasteiger partial charge in [0.25, 0.3) is 0 Å². The van der Waals surface area contributed by atoms with E-state index in [1.165, 1.54) is 70.6 Å². The van der Waals surface area contributed by atoms with Crippen LogP contribution in [-0.2, 0) is 0 Å². The molecular weight excluding hydrogens is 240 g/mol. The maximum Gasteiger partial charge on any atom is -0.0166 e. The van der Waals surface area contributed by atoms with Crippen LogP contribution in [0.2, 0.25) is 0 Å². The molecule has 0 radical (unpaired) electrons. The fourth-order valence-corrected chi connectivity index (χ4v) is 2.18. The summed E-state index contributed by atoms with van der Waals surface area (Å²) in [7, 11) is 0. The van der Waals surface area contributed by atoms with Crippen LogP contribution in [0.25, 0.3) is 0 Å². The number of rotatable bonds is 14. The van der Waals surface area contributed by atoms with E-state index in [9.17, 15) is 0 Å².